The first-order valence-electron chi connectivity index (χ1n) is 4.82. The van der Waals surface area contributed by atoms with Crippen LogP contribution < -0.4 is 0 Å². The lowest BCUT2D eigenvalue weighted by molar-refractivity contribution is 0.102. The van der Waals surface area contributed by atoms with Gasteiger partial charge in [-0.25, -0.2) is 0 Å². The molecule has 0 aromatic rings. The van der Waals surface area contributed by atoms with Crippen molar-refractivity contribution in [2.24, 2.45) is 0 Å². The normalized spacial score (nSPS) is 12.8. The van der Waals surface area contributed by atoms with E-state index in [2.05, 4.69) is 24.9 Å². The van der Waals surface area contributed by atoms with E-state index in [1.54, 1.807) is 7.11 Å². The summed E-state index contributed by atoms with van der Waals surface area (Å²) >= 11 is 0. The van der Waals surface area contributed by atoms with Crippen molar-refractivity contribution in [1.29, 1.82) is 5.26 Å². The van der Waals surface area contributed by atoms with Gasteiger partial charge in [0.25, 0.3) is 0 Å². The van der Waals surface area contributed by atoms with Gasteiger partial charge in [-0.15, -0.1) is 0 Å². The molecule has 0 N–H and O–H groups in total. The van der Waals surface area contributed by atoms with Gasteiger partial charge >= 0.3 is 0 Å². The maximum Gasteiger partial charge on any atom is 0.0635 e. The minimum absolute atomic E-state index is 0.461. The second-order valence-corrected chi connectivity index (χ2v) is 3.29. The van der Waals surface area contributed by atoms with E-state index in [-0.39, 0.29) is 0 Å². The molecule has 0 rings (SSSR count). The molecule has 0 bridgehead atoms. The summed E-state index contributed by atoms with van der Waals surface area (Å²) in [5, 5.41) is 8.45. The van der Waals surface area contributed by atoms with Crippen molar-refractivity contribution in [3.63, 3.8) is 0 Å². The lowest BCUT2D eigenvalue weighted by Gasteiger charge is -2.26. The Kier molecular flexibility index (Phi) is 7.66. The lowest BCUT2D eigenvalue weighted by Crippen LogP contribution is -2.35. The van der Waals surface area contributed by atoms with Crippen LogP contribution in [0.5, 0.6) is 0 Å². The summed E-state index contributed by atoms with van der Waals surface area (Å²) in [6.45, 7) is 3.76. The van der Waals surface area contributed by atoms with Gasteiger partial charge in [0.1, 0.15) is 0 Å². The zero-order valence-electron chi connectivity index (χ0n) is 8.92. The second-order valence-electron chi connectivity index (χ2n) is 3.29. The van der Waals surface area contributed by atoms with E-state index in [0.717, 1.165) is 26.0 Å². The van der Waals surface area contributed by atoms with Gasteiger partial charge < -0.3 is 9.64 Å². The molecule has 0 radical (unpaired) electrons. The molecule has 0 heterocycles. The summed E-state index contributed by atoms with van der Waals surface area (Å²) in [4.78, 5) is 2.20. The van der Waals surface area contributed by atoms with E-state index in [1.807, 2.05) is 0 Å². The standard InChI is InChI=1S/C10H20N2O/c1-4-6-10(9-13-3)12(2)8-5-7-11/h10H,4-6,8-9H2,1-3H3. The summed E-state index contributed by atoms with van der Waals surface area (Å²) < 4.78 is 5.13. The Morgan fingerprint density at radius 1 is 1.54 bits per heavy atom. The molecule has 3 nitrogen and oxygen atoms in total. The molecule has 13 heavy (non-hydrogen) atoms. The highest BCUT2D eigenvalue weighted by Gasteiger charge is 2.12. The number of rotatable bonds is 7. The second kappa shape index (κ2) is 8.03. The SMILES string of the molecule is CCCC(COC)N(C)CCC#N. The van der Waals surface area contributed by atoms with Gasteiger partial charge in [-0.3, -0.25) is 0 Å². The first-order chi connectivity index (χ1) is 6.26. The van der Waals surface area contributed by atoms with Gasteiger partial charge in [-0.1, -0.05) is 13.3 Å². The zero-order chi connectivity index (χ0) is 10.1. The first kappa shape index (κ1) is 12.4. The quantitative estimate of drug-likeness (QED) is 0.603. The third kappa shape index (κ3) is 5.62. The van der Waals surface area contributed by atoms with Crippen LogP contribution in [-0.4, -0.2) is 38.3 Å². The third-order valence-corrected chi connectivity index (χ3v) is 2.18. The van der Waals surface area contributed by atoms with Crippen molar-refractivity contribution in [3.05, 3.63) is 0 Å². The van der Waals surface area contributed by atoms with Crippen molar-refractivity contribution in [2.45, 2.75) is 32.2 Å². The largest absolute Gasteiger partial charge is 0.383 e. The summed E-state index contributed by atoms with van der Waals surface area (Å²) in [7, 11) is 3.78. The van der Waals surface area contributed by atoms with Crippen molar-refractivity contribution in [1.82, 2.24) is 4.90 Å². The Morgan fingerprint density at radius 3 is 2.69 bits per heavy atom. The molecule has 0 aliphatic heterocycles. The molecule has 76 valence electrons. The van der Waals surface area contributed by atoms with Crippen LogP contribution >= 0.6 is 0 Å². The minimum Gasteiger partial charge on any atom is -0.383 e. The molecule has 1 unspecified atom stereocenters. The Balaban J connectivity index is 3.80. The number of ether oxygens (including phenoxy) is 1. The van der Waals surface area contributed by atoms with Crippen LogP contribution in [0.3, 0.4) is 0 Å². The monoisotopic (exact) mass is 184 g/mol. The summed E-state index contributed by atoms with van der Waals surface area (Å²) in [5.41, 5.74) is 0. The van der Waals surface area contributed by atoms with Crippen LogP contribution in [0.25, 0.3) is 0 Å². The Hall–Kier alpha value is -0.590. The topological polar surface area (TPSA) is 36.3 Å². The average molecular weight is 184 g/mol. The van der Waals surface area contributed by atoms with Crippen molar-refractivity contribution in [2.75, 3.05) is 27.3 Å². The molecular formula is C10H20N2O. The maximum absolute atomic E-state index is 8.45. The van der Waals surface area contributed by atoms with Crippen LogP contribution in [0.4, 0.5) is 0 Å². The molecule has 0 aliphatic rings. The van der Waals surface area contributed by atoms with E-state index in [0.29, 0.717) is 12.5 Å². The van der Waals surface area contributed by atoms with Gasteiger partial charge in [0.2, 0.25) is 0 Å². The summed E-state index contributed by atoms with van der Waals surface area (Å²) in [6.07, 6.45) is 2.89. The Morgan fingerprint density at radius 2 is 2.23 bits per heavy atom. The molecule has 0 aliphatic carbocycles. The van der Waals surface area contributed by atoms with Gasteiger partial charge in [-0.2, -0.15) is 5.26 Å². The average Bonchev–Trinajstić information content (AvgIpc) is 2.14. The summed E-state index contributed by atoms with van der Waals surface area (Å²) in [5.74, 6) is 0. The first-order valence-corrected chi connectivity index (χ1v) is 4.82. The van der Waals surface area contributed by atoms with Crippen LogP contribution in [0.1, 0.15) is 26.2 Å². The molecule has 0 spiro atoms. The fourth-order valence-electron chi connectivity index (χ4n) is 1.37. The molecular weight excluding hydrogens is 164 g/mol. The van der Waals surface area contributed by atoms with Crippen LogP contribution in [0, 0.1) is 11.3 Å². The third-order valence-electron chi connectivity index (χ3n) is 2.18. The molecule has 0 aromatic carbocycles. The number of methoxy groups -OCH3 is 1. The van der Waals surface area contributed by atoms with Gasteiger partial charge in [-0.05, 0) is 13.5 Å². The van der Waals surface area contributed by atoms with E-state index in [4.69, 9.17) is 10.00 Å². The van der Waals surface area contributed by atoms with Crippen molar-refractivity contribution in [3.8, 4) is 6.07 Å². The molecule has 3 heteroatoms. The molecule has 1 atom stereocenters. The molecule has 0 aromatic heterocycles. The number of hydrogen-bond donors (Lipinski definition) is 0. The molecule has 0 saturated heterocycles. The number of nitrogens with zero attached hydrogens (tertiary/aromatic N) is 2. The van der Waals surface area contributed by atoms with Crippen LogP contribution in [-0.2, 0) is 4.74 Å². The van der Waals surface area contributed by atoms with Crippen molar-refractivity contribution >= 4 is 0 Å². The van der Waals surface area contributed by atoms with E-state index in [1.165, 1.54) is 0 Å². The van der Waals surface area contributed by atoms with E-state index in [9.17, 15) is 0 Å². The lowest BCUT2D eigenvalue weighted by atomic mass is 10.1. The zero-order valence-corrected chi connectivity index (χ0v) is 8.92. The predicted molar refractivity (Wildman–Crippen MR) is 53.4 cm³/mol. The Bertz CT molecular complexity index is 147. The van der Waals surface area contributed by atoms with Gasteiger partial charge in [0.15, 0.2) is 0 Å². The minimum atomic E-state index is 0.461. The summed E-state index contributed by atoms with van der Waals surface area (Å²) in [6, 6.07) is 2.62. The van der Waals surface area contributed by atoms with Crippen molar-refractivity contribution < 1.29 is 4.74 Å². The van der Waals surface area contributed by atoms with E-state index < -0.39 is 0 Å². The maximum atomic E-state index is 8.45. The highest BCUT2D eigenvalue weighted by atomic mass is 16.5. The highest BCUT2D eigenvalue weighted by molar-refractivity contribution is 4.75. The predicted octanol–water partition coefficient (Wildman–Crippen LogP) is 1.65. The van der Waals surface area contributed by atoms with E-state index >= 15 is 0 Å². The molecule has 0 amide bonds. The fourth-order valence-corrected chi connectivity index (χ4v) is 1.37. The fraction of sp³-hybridized carbons (Fsp3) is 0.900. The molecule has 0 fully saturated rings. The highest BCUT2D eigenvalue weighted by Crippen LogP contribution is 2.05. The molecule has 0 saturated carbocycles. The van der Waals surface area contributed by atoms with Gasteiger partial charge in [0.05, 0.1) is 12.7 Å². The van der Waals surface area contributed by atoms with Crippen LogP contribution in [0.15, 0.2) is 0 Å². The Labute approximate surface area is 81.3 Å². The number of nitriles is 1. The van der Waals surface area contributed by atoms with Crippen LogP contribution in [0.2, 0.25) is 0 Å². The smallest absolute Gasteiger partial charge is 0.0635 e. The number of likely N-dealkylation sites (N-methyl/N-ethyl adjacent to an activating group) is 1. The number of hydrogen-bond acceptors (Lipinski definition) is 3. The van der Waals surface area contributed by atoms with Gasteiger partial charge in [0, 0.05) is 26.1 Å².